The molecule has 17 heavy (non-hydrogen) atoms. The highest BCUT2D eigenvalue weighted by atomic mass is 15.3. The lowest BCUT2D eigenvalue weighted by molar-refractivity contribution is 1.16. The molecule has 0 aliphatic carbocycles. The molecule has 0 unspecified atom stereocenters. The first-order valence-electron chi connectivity index (χ1n) is 5.32. The molecule has 1 aromatic carbocycles. The van der Waals surface area contributed by atoms with Crippen LogP contribution in [0.2, 0.25) is 0 Å². The molecular formula is C12H15N5. The molecular weight excluding hydrogens is 214 g/mol. The highest BCUT2D eigenvalue weighted by Gasteiger charge is 2.00. The largest absolute Gasteiger partial charge is 0.339 e. The zero-order valence-electron chi connectivity index (χ0n) is 9.86. The van der Waals surface area contributed by atoms with Gasteiger partial charge in [0.2, 0.25) is 0 Å². The Morgan fingerprint density at radius 2 is 1.82 bits per heavy atom. The predicted molar refractivity (Wildman–Crippen MR) is 69.0 cm³/mol. The van der Waals surface area contributed by atoms with Crippen LogP contribution in [0.25, 0.3) is 0 Å². The Balaban J connectivity index is 2.22. The van der Waals surface area contributed by atoms with Gasteiger partial charge in [0.1, 0.15) is 0 Å². The molecule has 0 amide bonds. The van der Waals surface area contributed by atoms with Crippen molar-refractivity contribution >= 4 is 17.3 Å². The minimum absolute atomic E-state index is 0.527. The number of nitrogens with two attached hydrogens (primary N) is 1. The van der Waals surface area contributed by atoms with E-state index in [1.165, 1.54) is 11.1 Å². The minimum Gasteiger partial charge on any atom is -0.339 e. The van der Waals surface area contributed by atoms with Gasteiger partial charge < -0.3 is 10.7 Å². The average molecular weight is 229 g/mol. The third-order valence-electron chi connectivity index (χ3n) is 2.56. The molecule has 5 nitrogen and oxygen atoms in total. The number of aromatic nitrogens is 2. The van der Waals surface area contributed by atoms with Crippen LogP contribution >= 0.6 is 0 Å². The van der Waals surface area contributed by atoms with Crippen molar-refractivity contribution < 1.29 is 0 Å². The second-order valence-electron chi connectivity index (χ2n) is 3.86. The standard InChI is InChI=1S/C12H15N5/c1-8-3-4-10(5-9(8)2)15-11-6-14-7-12(16-11)17-13/h3-7H,13H2,1-2H3,(H2,15,16,17). The lowest BCUT2D eigenvalue weighted by Gasteiger charge is -2.08. The normalized spacial score (nSPS) is 10.1. The van der Waals surface area contributed by atoms with Crippen LogP contribution in [0.1, 0.15) is 11.1 Å². The Morgan fingerprint density at radius 3 is 2.53 bits per heavy atom. The quantitative estimate of drug-likeness (QED) is 0.555. The topological polar surface area (TPSA) is 75.9 Å². The van der Waals surface area contributed by atoms with Crippen molar-refractivity contribution in [3.63, 3.8) is 0 Å². The van der Waals surface area contributed by atoms with Crippen LogP contribution in [0.5, 0.6) is 0 Å². The Kier molecular flexibility index (Phi) is 3.20. The van der Waals surface area contributed by atoms with Crippen molar-refractivity contribution in [3.05, 3.63) is 41.7 Å². The van der Waals surface area contributed by atoms with E-state index < -0.39 is 0 Å². The monoisotopic (exact) mass is 229 g/mol. The number of anilines is 3. The van der Waals surface area contributed by atoms with E-state index in [-0.39, 0.29) is 0 Å². The number of hydrazine groups is 1. The number of aryl methyl sites for hydroxylation is 2. The summed E-state index contributed by atoms with van der Waals surface area (Å²) in [4.78, 5) is 8.25. The molecule has 0 atom stereocenters. The van der Waals surface area contributed by atoms with Crippen LogP contribution in [-0.4, -0.2) is 9.97 Å². The van der Waals surface area contributed by atoms with Crippen molar-refractivity contribution in [2.45, 2.75) is 13.8 Å². The number of hydrogen-bond donors (Lipinski definition) is 3. The minimum atomic E-state index is 0.527. The molecule has 0 fully saturated rings. The summed E-state index contributed by atoms with van der Waals surface area (Å²) in [6.45, 7) is 4.15. The summed E-state index contributed by atoms with van der Waals surface area (Å²) >= 11 is 0. The second kappa shape index (κ2) is 4.80. The lowest BCUT2D eigenvalue weighted by atomic mass is 10.1. The summed E-state index contributed by atoms with van der Waals surface area (Å²) in [6.07, 6.45) is 3.21. The molecule has 2 rings (SSSR count). The molecule has 0 saturated heterocycles. The zero-order chi connectivity index (χ0) is 12.3. The molecule has 0 spiro atoms. The van der Waals surface area contributed by atoms with E-state index in [1.807, 2.05) is 6.07 Å². The van der Waals surface area contributed by atoms with Crippen LogP contribution in [0, 0.1) is 13.8 Å². The molecule has 88 valence electrons. The first kappa shape index (κ1) is 11.3. The summed E-state index contributed by atoms with van der Waals surface area (Å²) in [5.41, 5.74) is 5.94. The number of nitrogens with one attached hydrogen (secondary N) is 2. The van der Waals surface area contributed by atoms with E-state index in [2.05, 4.69) is 46.7 Å². The van der Waals surface area contributed by atoms with Gasteiger partial charge in [0.25, 0.3) is 0 Å². The summed E-state index contributed by atoms with van der Waals surface area (Å²) in [5, 5.41) is 3.18. The highest BCUT2D eigenvalue weighted by molar-refractivity contribution is 5.58. The number of rotatable bonds is 3. The molecule has 0 bridgehead atoms. The lowest BCUT2D eigenvalue weighted by Crippen LogP contribution is -2.09. The summed E-state index contributed by atoms with van der Waals surface area (Å²) < 4.78 is 0. The highest BCUT2D eigenvalue weighted by Crippen LogP contribution is 2.18. The number of benzene rings is 1. The van der Waals surface area contributed by atoms with Gasteiger partial charge in [-0.25, -0.2) is 10.8 Å². The van der Waals surface area contributed by atoms with Gasteiger partial charge in [-0.3, -0.25) is 4.98 Å². The first-order valence-corrected chi connectivity index (χ1v) is 5.32. The molecule has 1 aromatic heterocycles. The van der Waals surface area contributed by atoms with Crippen molar-refractivity contribution in [3.8, 4) is 0 Å². The Labute approximate surface area is 100 Å². The number of nitrogens with zero attached hydrogens (tertiary/aromatic N) is 2. The second-order valence-corrected chi connectivity index (χ2v) is 3.86. The van der Waals surface area contributed by atoms with Gasteiger partial charge >= 0.3 is 0 Å². The van der Waals surface area contributed by atoms with Gasteiger partial charge in [-0.1, -0.05) is 6.07 Å². The van der Waals surface area contributed by atoms with E-state index in [0.29, 0.717) is 11.6 Å². The molecule has 0 aliphatic heterocycles. The molecule has 2 aromatic rings. The summed E-state index contributed by atoms with van der Waals surface area (Å²) in [7, 11) is 0. The van der Waals surface area contributed by atoms with Crippen molar-refractivity contribution in [2.75, 3.05) is 10.7 Å². The maximum absolute atomic E-state index is 5.28. The van der Waals surface area contributed by atoms with E-state index in [0.717, 1.165) is 5.69 Å². The Morgan fingerprint density at radius 1 is 1.06 bits per heavy atom. The first-order chi connectivity index (χ1) is 8.19. The van der Waals surface area contributed by atoms with Crippen LogP contribution in [-0.2, 0) is 0 Å². The molecule has 1 heterocycles. The van der Waals surface area contributed by atoms with Gasteiger partial charge in [-0.2, -0.15) is 0 Å². The number of nitrogen functional groups attached to an aromatic ring is 1. The van der Waals surface area contributed by atoms with Crippen molar-refractivity contribution in [2.24, 2.45) is 5.84 Å². The van der Waals surface area contributed by atoms with Gasteiger partial charge in [0.15, 0.2) is 11.6 Å². The fourth-order valence-corrected chi connectivity index (χ4v) is 1.46. The van der Waals surface area contributed by atoms with E-state index >= 15 is 0 Å². The van der Waals surface area contributed by atoms with Gasteiger partial charge in [-0.05, 0) is 37.1 Å². The summed E-state index contributed by atoms with van der Waals surface area (Å²) in [5.74, 6) is 6.46. The average Bonchev–Trinajstić information content (AvgIpc) is 2.34. The maximum Gasteiger partial charge on any atom is 0.160 e. The zero-order valence-corrected chi connectivity index (χ0v) is 9.86. The van der Waals surface area contributed by atoms with Crippen LogP contribution in [0.4, 0.5) is 17.3 Å². The smallest absolute Gasteiger partial charge is 0.160 e. The van der Waals surface area contributed by atoms with Gasteiger partial charge in [-0.15, -0.1) is 0 Å². The fourth-order valence-electron chi connectivity index (χ4n) is 1.46. The molecule has 0 aliphatic rings. The third-order valence-corrected chi connectivity index (χ3v) is 2.56. The third kappa shape index (κ3) is 2.70. The maximum atomic E-state index is 5.28. The van der Waals surface area contributed by atoms with Gasteiger partial charge in [0.05, 0.1) is 12.4 Å². The fraction of sp³-hybridized carbons (Fsp3) is 0.167. The predicted octanol–water partition coefficient (Wildman–Crippen LogP) is 2.12. The van der Waals surface area contributed by atoms with Crippen molar-refractivity contribution in [1.29, 1.82) is 0 Å². The van der Waals surface area contributed by atoms with Gasteiger partial charge in [0, 0.05) is 5.69 Å². The molecule has 5 heteroatoms. The van der Waals surface area contributed by atoms with E-state index in [1.54, 1.807) is 12.4 Å². The van der Waals surface area contributed by atoms with E-state index in [9.17, 15) is 0 Å². The molecule has 0 saturated carbocycles. The van der Waals surface area contributed by atoms with Crippen molar-refractivity contribution in [1.82, 2.24) is 9.97 Å². The van der Waals surface area contributed by atoms with Crippen LogP contribution in [0.15, 0.2) is 30.6 Å². The SMILES string of the molecule is Cc1ccc(Nc2cncc(NN)n2)cc1C. The summed E-state index contributed by atoms with van der Waals surface area (Å²) in [6, 6.07) is 6.14. The van der Waals surface area contributed by atoms with E-state index in [4.69, 9.17) is 5.84 Å². The van der Waals surface area contributed by atoms with Crippen LogP contribution in [0.3, 0.4) is 0 Å². The number of hydrogen-bond acceptors (Lipinski definition) is 5. The Bertz CT molecular complexity index is 524. The Hall–Kier alpha value is -2.14. The molecule has 0 radical (unpaired) electrons. The van der Waals surface area contributed by atoms with Crippen LogP contribution < -0.4 is 16.6 Å². The molecule has 4 N–H and O–H groups in total.